The van der Waals surface area contributed by atoms with Crippen molar-refractivity contribution in [3.05, 3.63) is 24.2 Å². The molecule has 0 spiro atoms. The van der Waals surface area contributed by atoms with E-state index in [-0.39, 0.29) is 0 Å². The highest BCUT2D eigenvalue weighted by molar-refractivity contribution is 6.17. The van der Waals surface area contributed by atoms with E-state index >= 15 is 0 Å². The first kappa shape index (κ1) is 15.5. The highest BCUT2D eigenvalue weighted by Gasteiger charge is 2.16. The second kappa shape index (κ2) is 7.22. The molecule has 0 atom stereocenters. The quantitative estimate of drug-likeness (QED) is 0.732. The van der Waals surface area contributed by atoms with Gasteiger partial charge in [-0.15, -0.1) is 11.6 Å². The largest absolute Gasteiger partial charge is 0.493 e. The Morgan fingerprint density at radius 3 is 2.29 bits per heavy atom. The Labute approximate surface area is 128 Å². The maximum Gasteiger partial charge on any atom is 0.203 e. The van der Waals surface area contributed by atoms with Crippen molar-refractivity contribution in [3.8, 4) is 28.6 Å². The van der Waals surface area contributed by atoms with Gasteiger partial charge in [0.1, 0.15) is 0 Å². The van der Waals surface area contributed by atoms with E-state index in [1.165, 1.54) is 0 Å². The fourth-order valence-electron chi connectivity index (χ4n) is 2.00. The number of benzene rings is 1. The number of aryl methyl sites for hydroxylation is 1. The summed E-state index contributed by atoms with van der Waals surface area (Å²) in [6, 6.07) is 3.65. The summed E-state index contributed by atoms with van der Waals surface area (Å²) in [6.45, 7) is 0. The molecule has 0 aliphatic rings. The van der Waals surface area contributed by atoms with E-state index in [0.29, 0.717) is 41.2 Å². The number of hydrogen-bond acceptors (Lipinski definition) is 5. The molecule has 6 heteroatoms. The number of alkyl halides is 1. The molecule has 2 aromatic rings. The van der Waals surface area contributed by atoms with Crippen LogP contribution in [0.15, 0.2) is 22.7 Å². The van der Waals surface area contributed by atoms with Gasteiger partial charge in [0, 0.05) is 17.9 Å². The lowest BCUT2D eigenvalue weighted by Gasteiger charge is -2.13. The van der Waals surface area contributed by atoms with Gasteiger partial charge in [0.25, 0.3) is 0 Å². The molecule has 1 aromatic heterocycles. The Hall–Kier alpha value is -1.88. The van der Waals surface area contributed by atoms with Gasteiger partial charge in [-0.1, -0.05) is 0 Å². The second-order valence-electron chi connectivity index (χ2n) is 4.32. The molecule has 0 saturated heterocycles. The number of oxazole rings is 1. The summed E-state index contributed by atoms with van der Waals surface area (Å²) in [6.07, 6.45) is 3.23. The molecule has 0 aliphatic heterocycles. The molecule has 1 heterocycles. The summed E-state index contributed by atoms with van der Waals surface area (Å²) in [5.74, 6) is 3.60. The lowest BCUT2D eigenvalue weighted by Crippen LogP contribution is -1.95. The Balaban J connectivity index is 2.37. The number of halogens is 1. The number of methoxy groups -OCH3 is 3. The summed E-state index contributed by atoms with van der Waals surface area (Å²) in [7, 11) is 4.72. The van der Waals surface area contributed by atoms with Crippen molar-refractivity contribution >= 4 is 11.6 Å². The van der Waals surface area contributed by atoms with Crippen molar-refractivity contribution in [3.63, 3.8) is 0 Å². The van der Waals surface area contributed by atoms with Crippen LogP contribution in [0, 0.1) is 0 Å². The van der Waals surface area contributed by atoms with Gasteiger partial charge in [0.15, 0.2) is 23.1 Å². The predicted molar refractivity (Wildman–Crippen MR) is 80.6 cm³/mol. The summed E-state index contributed by atoms with van der Waals surface area (Å²) in [5, 5.41) is 0. The molecule has 0 unspecified atom stereocenters. The molecular weight excluding hydrogens is 294 g/mol. The van der Waals surface area contributed by atoms with Gasteiger partial charge in [-0.3, -0.25) is 0 Å². The zero-order valence-corrected chi connectivity index (χ0v) is 13.1. The molecule has 0 radical (unpaired) electrons. The molecule has 2 rings (SSSR count). The molecule has 114 valence electrons. The zero-order valence-electron chi connectivity index (χ0n) is 12.3. The minimum Gasteiger partial charge on any atom is -0.493 e. The third kappa shape index (κ3) is 3.42. The van der Waals surface area contributed by atoms with Crippen LogP contribution in [0.1, 0.15) is 12.3 Å². The summed E-state index contributed by atoms with van der Waals surface area (Å²) in [5.41, 5.74) is 0.814. The molecule has 0 N–H and O–H groups in total. The average molecular weight is 312 g/mol. The molecule has 21 heavy (non-hydrogen) atoms. The van der Waals surface area contributed by atoms with Crippen LogP contribution in [0.3, 0.4) is 0 Å². The maximum atomic E-state index is 5.72. The molecule has 1 aromatic carbocycles. The third-order valence-corrected chi connectivity index (χ3v) is 3.29. The van der Waals surface area contributed by atoms with E-state index in [2.05, 4.69) is 4.98 Å². The van der Waals surface area contributed by atoms with E-state index in [4.69, 9.17) is 30.2 Å². The smallest absolute Gasteiger partial charge is 0.203 e. The predicted octanol–water partition coefficient (Wildman–Crippen LogP) is 3.54. The second-order valence-corrected chi connectivity index (χ2v) is 4.70. The highest BCUT2D eigenvalue weighted by atomic mass is 35.5. The number of aromatic nitrogens is 1. The van der Waals surface area contributed by atoms with Gasteiger partial charge in [-0.05, 0) is 18.6 Å². The van der Waals surface area contributed by atoms with Crippen molar-refractivity contribution in [2.45, 2.75) is 12.8 Å². The summed E-state index contributed by atoms with van der Waals surface area (Å²) < 4.78 is 21.7. The lowest BCUT2D eigenvalue weighted by atomic mass is 10.1. The van der Waals surface area contributed by atoms with Crippen molar-refractivity contribution < 1.29 is 18.6 Å². The SMILES string of the molecule is COc1cc(-c2cnc(CCCCl)o2)cc(OC)c1OC. The average Bonchev–Trinajstić information content (AvgIpc) is 3.00. The van der Waals surface area contributed by atoms with Gasteiger partial charge in [0.2, 0.25) is 5.75 Å². The first-order valence-electron chi connectivity index (χ1n) is 6.54. The van der Waals surface area contributed by atoms with Crippen molar-refractivity contribution in [2.75, 3.05) is 27.2 Å². The van der Waals surface area contributed by atoms with Crippen molar-refractivity contribution in [1.29, 1.82) is 0 Å². The molecule has 0 bridgehead atoms. The van der Waals surface area contributed by atoms with Gasteiger partial charge < -0.3 is 18.6 Å². The highest BCUT2D eigenvalue weighted by Crippen LogP contribution is 2.41. The minimum absolute atomic E-state index is 0.547. The fraction of sp³-hybridized carbons (Fsp3) is 0.400. The van der Waals surface area contributed by atoms with Crippen LogP contribution in [0.2, 0.25) is 0 Å². The van der Waals surface area contributed by atoms with Crippen molar-refractivity contribution in [2.24, 2.45) is 0 Å². The lowest BCUT2D eigenvalue weighted by molar-refractivity contribution is 0.324. The Morgan fingerprint density at radius 1 is 1.10 bits per heavy atom. The summed E-state index contributed by atoms with van der Waals surface area (Å²) in [4.78, 5) is 4.25. The first-order chi connectivity index (χ1) is 10.2. The monoisotopic (exact) mass is 311 g/mol. The normalized spacial score (nSPS) is 10.5. The Morgan fingerprint density at radius 2 is 1.76 bits per heavy atom. The summed E-state index contributed by atoms with van der Waals surface area (Å²) >= 11 is 5.67. The number of hydrogen-bond donors (Lipinski definition) is 0. The number of rotatable bonds is 7. The molecular formula is C15H18ClNO4. The molecule has 0 fully saturated rings. The van der Waals surface area contributed by atoms with Crippen molar-refractivity contribution in [1.82, 2.24) is 4.98 Å². The Kier molecular flexibility index (Phi) is 5.33. The number of nitrogens with zero attached hydrogens (tertiary/aromatic N) is 1. The van der Waals surface area contributed by atoms with Crippen LogP contribution in [-0.2, 0) is 6.42 Å². The van der Waals surface area contributed by atoms with E-state index in [9.17, 15) is 0 Å². The van der Waals surface area contributed by atoms with E-state index in [1.807, 2.05) is 12.1 Å². The molecule has 0 aliphatic carbocycles. The van der Waals surface area contributed by atoms with Gasteiger partial charge in [-0.2, -0.15) is 0 Å². The topological polar surface area (TPSA) is 53.7 Å². The van der Waals surface area contributed by atoms with Crippen LogP contribution in [-0.4, -0.2) is 32.2 Å². The maximum absolute atomic E-state index is 5.72. The van der Waals surface area contributed by atoms with E-state index in [0.717, 1.165) is 12.0 Å². The van der Waals surface area contributed by atoms with E-state index in [1.54, 1.807) is 27.5 Å². The van der Waals surface area contributed by atoms with Gasteiger partial charge in [-0.25, -0.2) is 4.98 Å². The van der Waals surface area contributed by atoms with E-state index < -0.39 is 0 Å². The van der Waals surface area contributed by atoms with Crippen LogP contribution in [0.5, 0.6) is 17.2 Å². The van der Waals surface area contributed by atoms with Crippen LogP contribution in [0.25, 0.3) is 11.3 Å². The zero-order chi connectivity index (χ0) is 15.2. The van der Waals surface area contributed by atoms with Gasteiger partial charge >= 0.3 is 0 Å². The van der Waals surface area contributed by atoms with Crippen LogP contribution in [0.4, 0.5) is 0 Å². The molecule has 0 saturated carbocycles. The van der Waals surface area contributed by atoms with Gasteiger partial charge in [0.05, 0.1) is 27.5 Å². The molecule has 0 amide bonds. The van der Waals surface area contributed by atoms with Crippen LogP contribution < -0.4 is 14.2 Å². The standard InChI is InChI=1S/C15H18ClNO4/c1-18-11-7-10(8-12(19-2)15(11)20-3)13-9-17-14(21-13)5-4-6-16/h7-9H,4-6H2,1-3H3. The van der Waals surface area contributed by atoms with Crippen LogP contribution >= 0.6 is 11.6 Å². The first-order valence-corrected chi connectivity index (χ1v) is 7.08. The molecule has 5 nitrogen and oxygen atoms in total. The minimum atomic E-state index is 0.547. The number of ether oxygens (including phenoxy) is 3. The Bertz CT molecular complexity index is 572. The third-order valence-electron chi connectivity index (χ3n) is 3.03. The fourth-order valence-corrected chi connectivity index (χ4v) is 2.13.